The Morgan fingerprint density at radius 2 is 0.440 bits per heavy atom. The molecule has 20 heteroatoms. The van der Waals surface area contributed by atoms with E-state index in [-0.39, 0.29) is 0 Å². The van der Waals surface area contributed by atoms with Crippen LogP contribution in [0.15, 0.2) is 24.3 Å². The molecule has 4 aliphatic heterocycles. The first-order valence-electron chi connectivity index (χ1n) is 35.1. The Morgan fingerprint density at radius 1 is 0.226 bits per heavy atom. The highest BCUT2D eigenvalue weighted by Crippen LogP contribution is 2.23. The molecular formula is C64H132N20. The van der Waals surface area contributed by atoms with Crippen LogP contribution in [0.3, 0.4) is 0 Å². The molecule has 3 saturated heterocycles. The zero-order valence-electron chi connectivity index (χ0n) is 53.8. The Bertz CT molecular complexity index is 1600. The van der Waals surface area contributed by atoms with E-state index in [1.54, 1.807) is 0 Å². The van der Waals surface area contributed by atoms with Gasteiger partial charge in [-0.05, 0) is 84.3 Å². The first-order valence-corrected chi connectivity index (χ1v) is 35.1. The third kappa shape index (κ3) is 32.0. The average Bonchev–Trinajstić information content (AvgIpc) is 3.77. The highest BCUT2D eigenvalue weighted by atomic mass is 15.1. The molecule has 1 aromatic rings. The summed E-state index contributed by atoms with van der Waals surface area (Å²) in [5.74, 6) is 0. The maximum absolute atomic E-state index is 3.82. The third-order valence-corrected chi connectivity index (χ3v) is 18.4. The van der Waals surface area contributed by atoms with Gasteiger partial charge in [0.2, 0.25) is 0 Å². The van der Waals surface area contributed by atoms with E-state index < -0.39 is 0 Å². The number of hydrogen-bond donors (Lipinski definition) is 20. The van der Waals surface area contributed by atoms with Crippen molar-refractivity contribution < 1.29 is 0 Å². The topological polar surface area (TPSA) is 241 Å². The summed E-state index contributed by atoms with van der Waals surface area (Å²) in [4.78, 5) is 0. The van der Waals surface area contributed by atoms with Gasteiger partial charge in [0, 0.05) is 243 Å². The van der Waals surface area contributed by atoms with Gasteiger partial charge in [0.05, 0.1) is 11.4 Å². The van der Waals surface area contributed by atoms with Gasteiger partial charge in [0.1, 0.15) is 0 Å². The molecule has 8 aliphatic rings. The quantitative estimate of drug-likeness (QED) is 0.173. The van der Waals surface area contributed by atoms with E-state index in [0.29, 0.717) is 66.5 Å². The summed E-state index contributed by atoms with van der Waals surface area (Å²) in [6.45, 7) is 35.1. The molecule has 0 aromatic heterocycles. The van der Waals surface area contributed by atoms with E-state index in [0.717, 1.165) is 177 Å². The van der Waals surface area contributed by atoms with Gasteiger partial charge in [-0.3, -0.25) is 0 Å². The van der Waals surface area contributed by atoms with Crippen molar-refractivity contribution in [2.75, 3.05) is 187 Å². The minimum absolute atomic E-state index is 0.519. The number of fused-ring (bicyclic) bond motifs is 5. The minimum atomic E-state index is 0.519. The molecule has 7 fully saturated rings. The van der Waals surface area contributed by atoms with Crippen molar-refractivity contribution in [1.82, 2.24) is 95.7 Å². The molecule has 0 radical (unpaired) electrons. The van der Waals surface area contributed by atoms with Crippen LogP contribution in [0.1, 0.15) is 130 Å². The van der Waals surface area contributed by atoms with Crippen molar-refractivity contribution in [3.63, 3.8) is 0 Å². The second-order valence-corrected chi connectivity index (χ2v) is 25.6. The number of hydrogen-bond acceptors (Lipinski definition) is 20. The van der Waals surface area contributed by atoms with Crippen LogP contribution in [0.2, 0.25) is 0 Å². The molecule has 4 aliphatic carbocycles. The standard InChI is InChI=1S/C18H37N5.C17H37N5.C15H33N5.C14H25N5/c1-3-7-17-15(5-1)20-11-9-19-10-12-21-16-6-2-4-8-18(16)23-14-13-22-17;1-13-10-20-15(3)12-22-17-7-5-4-6-16(17)21-11-14(2)19-9-8-18-13;1-2-4-14-15(5-3-1)20-13-11-18-9-7-16-6-8-17-10-12-19-14;1-2-4-14-13(3-1)18-11-9-16-7-5-15-6-8-17-10-12-19-14/h15-23H,1-14H2;13-22H,4-12H2,1-3H3;14-20H,1-13H2;1-4,15-19H,5-12H2/t15-,16?,17?,18?;13-,14-,15-,16?,17?;14-,15-;/m101./s1. The second-order valence-electron chi connectivity index (χ2n) is 25.6. The normalized spacial score (nSPS) is 33.2. The molecule has 11 atom stereocenters. The van der Waals surface area contributed by atoms with Crippen molar-refractivity contribution in [3.05, 3.63) is 24.3 Å². The van der Waals surface area contributed by atoms with Crippen LogP contribution in [-0.2, 0) is 0 Å². The van der Waals surface area contributed by atoms with Gasteiger partial charge >= 0.3 is 0 Å². The molecule has 0 bridgehead atoms. The van der Waals surface area contributed by atoms with Crippen LogP contribution in [0, 0.1) is 0 Å². The molecular weight excluding hydrogens is 1050 g/mol. The summed E-state index contributed by atoms with van der Waals surface area (Å²) in [5.41, 5.74) is 2.36. The smallest absolute Gasteiger partial charge is 0.0576 e. The maximum atomic E-state index is 3.82. The van der Waals surface area contributed by atoms with E-state index in [9.17, 15) is 0 Å². The molecule has 1 aromatic carbocycles. The molecule has 20 N–H and O–H groups in total. The fraction of sp³-hybridized carbons (Fsp3) is 0.906. The molecule has 4 saturated carbocycles. The van der Waals surface area contributed by atoms with Gasteiger partial charge in [-0.2, -0.15) is 0 Å². The van der Waals surface area contributed by atoms with E-state index in [2.05, 4.69) is 151 Å². The van der Waals surface area contributed by atoms with Crippen LogP contribution >= 0.6 is 0 Å². The number of anilines is 2. The Labute approximate surface area is 513 Å². The largest absolute Gasteiger partial charge is 0.382 e. The molecule has 20 nitrogen and oxygen atoms in total. The van der Waals surface area contributed by atoms with E-state index >= 15 is 0 Å². The lowest BCUT2D eigenvalue weighted by atomic mass is 9.90. The van der Waals surface area contributed by atoms with E-state index in [1.165, 1.54) is 121 Å². The first-order chi connectivity index (χ1) is 41.5. The predicted octanol–water partition coefficient (Wildman–Crippen LogP) is 0.937. The summed E-state index contributed by atoms with van der Waals surface area (Å²) >= 11 is 0. The van der Waals surface area contributed by atoms with Gasteiger partial charge in [-0.1, -0.05) is 69.9 Å². The summed E-state index contributed by atoms with van der Waals surface area (Å²) in [5, 5.41) is 72.4. The van der Waals surface area contributed by atoms with Gasteiger partial charge in [-0.15, -0.1) is 0 Å². The van der Waals surface area contributed by atoms with Crippen LogP contribution in [-0.4, -0.2) is 243 Å². The summed E-state index contributed by atoms with van der Waals surface area (Å²) in [6.07, 6.45) is 23.0. The molecule has 488 valence electrons. The van der Waals surface area contributed by atoms with Crippen LogP contribution in [0.5, 0.6) is 0 Å². The lowest BCUT2D eigenvalue weighted by Gasteiger charge is -2.34. The Balaban J connectivity index is 0.000000180. The van der Waals surface area contributed by atoms with Crippen molar-refractivity contribution in [2.24, 2.45) is 0 Å². The fourth-order valence-electron chi connectivity index (χ4n) is 13.4. The Morgan fingerprint density at radius 3 is 0.750 bits per heavy atom. The average molecular weight is 1180 g/mol. The van der Waals surface area contributed by atoms with E-state index in [4.69, 9.17) is 0 Å². The van der Waals surface area contributed by atoms with Crippen LogP contribution in [0.25, 0.3) is 0 Å². The maximum Gasteiger partial charge on any atom is 0.0576 e. The summed E-state index contributed by atoms with van der Waals surface area (Å²) < 4.78 is 0. The lowest BCUT2D eigenvalue weighted by molar-refractivity contribution is 0.270. The predicted molar refractivity (Wildman–Crippen MR) is 359 cm³/mol. The number of nitrogens with one attached hydrogen (secondary N) is 20. The molecule has 0 amide bonds. The summed E-state index contributed by atoms with van der Waals surface area (Å²) in [6, 6.07) is 15.2. The van der Waals surface area contributed by atoms with Gasteiger partial charge in [0.15, 0.2) is 0 Å². The van der Waals surface area contributed by atoms with Crippen molar-refractivity contribution in [2.45, 2.75) is 196 Å². The molecule has 4 heterocycles. The van der Waals surface area contributed by atoms with Gasteiger partial charge in [-0.25, -0.2) is 0 Å². The lowest BCUT2D eigenvalue weighted by Crippen LogP contribution is -2.54. The van der Waals surface area contributed by atoms with Gasteiger partial charge < -0.3 is 106 Å². The monoisotopic (exact) mass is 1180 g/mol. The Hall–Kier alpha value is -1.90. The highest BCUT2D eigenvalue weighted by molar-refractivity contribution is 5.68. The van der Waals surface area contributed by atoms with Gasteiger partial charge in [0.25, 0.3) is 0 Å². The molecule has 0 spiro atoms. The zero-order chi connectivity index (χ0) is 58.6. The SMILES string of the molecule is C1CCC2NCCNC3CCCC[C@H]3NCCNCCNC2C1.C1CC[C@H]2NCCNCCNCCNCCN[C@@H]2CC1.C[C@H]1CNC2CCCCC2NC[C@H](C)NC[C@H](C)NCCN1.c1ccc2c(c1)NCCNCCNCCNCCN2. The number of benzene rings is 1. The fourth-order valence-corrected chi connectivity index (χ4v) is 13.4. The summed E-state index contributed by atoms with van der Waals surface area (Å²) in [7, 11) is 0. The number of rotatable bonds is 0. The Kier molecular flexibility index (Phi) is 39.9. The van der Waals surface area contributed by atoms with Crippen molar-refractivity contribution >= 4 is 11.4 Å². The minimum Gasteiger partial charge on any atom is -0.382 e. The molecule has 84 heavy (non-hydrogen) atoms. The number of para-hydroxylation sites is 2. The van der Waals surface area contributed by atoms with Crippen molar-refractivity contribution in [3.8, 4) is 0 Å². The highest BCUT2D eigenvalue weighted by Gasteiger charge is 2.28. The van der Waals surface area contributed by atoms with Crippen LogP contribution in [0.4, 0.5) is 11.4 Å². The second kappa shape index (κ2) is 47.1. The third-order valence-electron chi connectivity index (χ3n) is 18.4. The van der Waals surface area contributed by atoms with Crippen molar-refractivity contribution in [1.29, 1.82) is 0 Å². The van der Waals surface area contributed by atoms with Crippen LogP contribution < -0.4 is 106 Å². The van der Waals surface area contributed by atoms with E-state index in [1.807, 2.05) is 0 Å². The first kappa shape index (κ1) is 71.2. The zero-order valence-corrected chi connectivity index (χ0v) is 53.8. The molecule has 5 unspecified atom stereocenters. The molecule has 9 rings (SSSR count).